The van der Waals surface area contributed by atoms with E-state index in [1.54, 1.807) is 21.1 Å². The Hall–Kier alpha value is -2.11. The van der Waals surface area contributed by atoms with Gasteiger partial charge in [0.25, 0.3) is 0 Å². The van der Waals surface area contributed by atoms with Gasteiger partial charge in [-0.3, -0.25) is 0 Å². The highest BCUT2D eigenvalue weighted by Crippen LogP contribution is 2.25. The lowest BCUT2D eigenvalue weighted by molar-refractivity contribution is -0.0914. The largest absolute Gasteiger partial charge is 0.462 e. The first kappa shape index (κ1) is 16.3. The zero-order valence-electron chi connectivity index (χ0n) is 13.1. The van der Waals surface area contributed by atoms with Gasteiger partial charge in [-0.2, -0.15) is 0 Å². The van der Waals surface area contributed by atoms with Crippen molar-refractivity contribution in [1.82, 2.24) is 0 Å². The number of anilines is 1. The van der Waals surface area contributed by atoms with Crippen molar-refractivity contribution in [2.24, 2.45) is 0 Å². The van der Waals surface area contributed by atoms with Crippen LogP contribution in [0.3, 0.4) is 0 Å². The normalized spacial score (nSPS) is 10.9. The summed E-state index contributed by atoms with van der Waals surface area (Å²) in [4.78, 5) is 12.2. The van der Waals surface area contributed by atoms with Crippen LogP contribution in [-0.2, 0) is 14.2 Å². The third-order valence-electron chi connectivity index (χ3n) is 3.37. The van der Waals surface area contributed by atoms with Crippen LogP contribution in [0.2, 0.25) is 0 Å². The second-order valence-corrected chi connectivity index (χ2v) is 4.75. The zero-order chi connectivity index (χ0) is 15.9. The molecule has 0 amide bonds. The third kappa shape index (κ3) is 3.75. The highest BCUT2D eigenvalue weighted by molar-refractivity contribution is 6.01. The van der Waals surface area contributed by atoms with Gasteiger partial charge >= 0.3 is 5.97 Å². The summed E-state index contributed by atoms with van der Waals surface area (Å²) in [7, 11) is 3.14. The van der Waals surface area contributed by atoms with Gasteiger partial charge in [-0.05, 0) is 29.8 Å². The fourth-order valence-electron chi connectivity index (χ4n) is 2.22. The number of hydrogen-bond donors (Lipinski definition) is 1. The predicted molar refractivity (Wildman–Crippen MR) is 86.2 cm³/mol. The van der Waals surface area contributed by atoms with Gasteiger partial charge in [-0.25, -0.2) is 4.79 Å². The summed E-state index contributed by atoms with van der Waals surface area (Å²) >= 11 is 0. The second kappa shape index (κ2) is 7.77. The number of rotatable bonds is 7. The molecule has 0 saturated heterocycles. The van der Waals surface area contributed by atoms with Crippen LogP contribution in [0, 0.1) is 0 Å². The van der Waals surface area contributed by atoms with Crippen LogP contribution in [0.15, 0.2) is 36.4 Å². The predicted octanol–water partition coefficient (Wildman–Crippen LogP) is 3.05. The molecule has 0 spiro atoms. The van der Waals surface area contributed by atoms with Gasteiger partial charge in [-0.1, -0.05) is 24.3 Å². The van der Waals surface area contributed by atoms with Crippen LogP contribution in [0.5, 0.6) is 0 Å². The highest BCUT2D eigenvalue weighted by Gasteiger charge is 2.15. The molecule has 2 aromatic rings. The number of hydrogen-bond acceptors (Lipinski definition) is 5. The molecule has 118 valence electrons. The topological polar surface area (TPSA) is 56.8 Å². The minimum Gasteiger partial charge on any atom is -0.462 e. The lowest BCUT2D eigenvalue weighted by Crippen LogP contribution is -2.24. The summed E-state index contributed by atoms with van der Waals surface area (Å²) < 4.78 is 15.4. The number of carbonyl (C=O) groups excluding carboxylic acids is 1. The van der Waals surface area contributed by atoms with Gasteiger partial charge in [0.2, 0.25) is 0 Å². The van der Waals surface area contributed by atoms with E-state index in [-0.39, 0.29) is 12.3 Å². The maximum absolute atomic E-state index is 12.2. The molecule has 5 nitrogen and oxygen atoms in total. The average Bonchev–Trinajstić information content (AvgIpc) is 2.55. The Labute approximate surface area is 130 Å². The molecular formula is C17H21NO4. The summed E-state index contributed by atoms with van der Waals surface area (Å²) in [6, 6.07) is 11.6. The van der Waals surface area contributed by atoms with Crippen molar-refractivity contribution < 1.29 is 19.0 Å². The van der Waals surface area contributed by atoms with Gasteiger partial charge < -0.3 is 19.5 Å². The first-order chi connectivity index (χ1) is 10.7. The van der Waals surface area contributed by atoms with E-state index in [0.29, 0.717) is 24.4 Å². The van der Waals surface area contributed by atoms with Crippen molar-refractivity contribution in [3.05, 3.63) is 42.0 Å². The van der Waals surface area contributed by atoms with Crippen LogP contribution in [0.4, 0.5) is 5.69 Å². The average molecular weight is 303 g/mol. The van der Waals surface area contributed by atoms with Crippen molar-refractivity contribution in [3.63, 3.8) is 0 Å². The van der Waals surface area contributed by atoms with E-state index in [4.69, 9.17) is 14.2 Å². The van der Waals surface area contributed by atoms with Gasteiger partial charge in [0, 0.05) is 19.9 Å². The number of benzene rings is 2. The van der Waals surface area contributed by atoms with Gasteiger partial charge in [0.05, 0.1) is 18.7 Å². The molecule has 2 rings (SSSR count). The van der Waals surface area contributed by atoms with Crippen LogP contribution in [0.25, 0.3) is 10.8 Å². The first-order valence-corrected chi connectivity index (χ1v) is 7.19. The van der Waals surface area contributed by atoms with Gasteiger partial charge in [0.15, 0.2) is 6.29 Å². The zero-order valence-corrected chi connectivity index (χ0v) is 13.1. The molecule has 0 bridgehead atoms. The van der Waals surface area contributed by atoms with E-state index in [2.05, 4.69) is 5.32 Å². The number of methoxy groups -OCH3 is 2. The molecule has 0 aliphatic rings. The molecule has 0 unspecified atom stereocenters. The Morgan fingerprint density at radius 1 is 1.14 bits per heavy atom. The molecule has 0 atom stereocenters. The summed E-state index contributed by atoms with van der Waals surface area (Å²) in [5, 5.41) is 5.23. The van der Waals surface area contributed by atoms with Crippen LogP contribution in [0.1, 0.15) is 17.3 Å². The molecule has 22 heavy (non-hydrogen) atoms. The minimum atomic E-state index is -0.387. The summed E-state index contributed by atoms with van der Waals surface area (Å²) in [5.41, 5.74) is 1.21. The van der Waals surface area contributed by atoms with Crippen molar-refractivity contribution in [1.29, 1.82) is 0 Å². The summed E-state index contributed by atoms with van der Waals surface area (Å²) in [6.07, 6.45) is -0.387. The van der Waals surface area contributed by atoms with Gasteiger partial charge in [-0.15, -0.1) is 0 Å². The maximum atomic E-state index is 12.2. The molecule has 1 N–H and O–H groups in total. The van der Waals surface area contributed by atoms with Crippen LogP contribution in [-0.4, -0.2) is 39.6 Å². The fourth-order valence-corrected chi connectivity index (χ4v) is 2.22. The van der Waals surface area contributed by atoms with E-state index in [1.165, 1.54) is 0 Å². The third-order valence-corrected chi connectivity index (χ3v) is 3.37. The highest BCUT2D eigenvalue weighted by atomic mass is 16.7. The monoisotopic (exact) mass is 303 g/mol. The molecule has 0 aliphatic heterocycles. The number of ether oxygens (including phenoxy) is 3. The molecular weight excluding hydrogens is 282 g/mol. The molecule has 0 aromatic heterocycles. The summed E-state index contributed by atoms with van der Waals surface area (Å²) in [5.74, 6) is -0.345. The Morgan fingerprint density at radius 3 is 2.36 bits per heavy atom. The molecule has 0 fully saturated rings. The number of nitrogens with one attached hydrogen (secondary N) is 1. The number of carbonyl (C=O) groups is 1. The maximum Gasteiger partial charge on any atom is 0.340 e. The molecule has 0 aliphatic carbocycles. The Kier molecular flexibility index (Phi) is 5.75. The van der Waals surface area contributed by atoms with Crippen molar-refractivity contribution in [2.45, 2.75) is 13.2 Å². The smallest absolute Gasteiger partial charge is 0.340 e. The van der Waals surface area contributed by atoms with E-state index in [1.807, 2.05) is 36.4 Å². The van der Waals surface area contributed by atoms with Crippen LogP contribution < -0.4 is 5.32 Å². The van der Waals surface area contributed by atoms with E-state index in [0.717, 1.165) is 10.8 Å². The van der Waals surface area contributed by atoms with Crippen molar-refractivity contribution in [2.75, 3.05) is 32.7 Å². The van der Waals surface area contributed by atoms with Crippen molar-refractivity contribution in [3.8, 4) is 0 Å². The lowest BCUT2D eigenvalue weighted by atomic mass is 10.0. The van der Waals surface area contributed by atoms with Crippen LogP contribution >= 0.6 is 0 Å². The van der Waals surface area contributed by atoms with Gasteiger partial charge in [0.1, 0.15) is 0 Å². The Bertz CT molecular complexity index is 638. The fraction of sp³-hybridized carbons (Fsp3) is 0.353. The van der Waals surface area contributed by atoms with Crippen molar-refractivity contribution >= 4 is 22.4 Å². The molecule has 0 heterocycles. The SMILES string of the molecule is CCOC(=O)c1cc2ccccc2cc1NCC(OC)OC. The quantitative estimate of drug-likeness (QED) is 0.629. The lowest BCUT2D eigenvalue weighted by Gasteiger charge is -2.17. The Morgan fingerprint density at radius 2 is 1.77 bits per heavy atom. The van der Waals surface area contributed by atoms with E-state index in [9.17, 15) is 4.79 Å². The number of fused-ring (bicyclic) bond motifs is 1. The molecule has 0 saturated carbocycles. The minimum absolute atomic E-state index is 0.337. The second-order valence-electron chi connectivity index (χ2n) is 4.75. The number of esters is 1. The van der Waals surface area contributed by atoms with E-state index < -0.39 is 0 Å². The Balaban J connectivity index is 2.35. The summed E-state index contributed by atoms with van der Waals surface area (Å²) in [6.45, 7) is 2.56. The standard InChI is InChI=1S/C17H21NO4/c1-4-22-17(19)14-9-12-7-5-6-8-13(12)10-15(14)18-11-16(20-2)21-3/h5-10,16,18H,4,11H2,1-3H3. The molecule has 0 radical (unpaired) electrons. The molecule has 5 heteroatoms. The van der Waals surface area contributed by atoms with E-state index >= 15 is 0 Å². The molecule has 2 aromatic carbocycles. The first-order valence-electron chi connectivity index (χ1n) is 7.19.